The second-order valence-corrected chi connectivity index (χ2v) is 8.50. The highest BCUT2D eigenvalue weighted by atomic mass is 32.1. The van der Waals surface area contributed by atoms with Crippen LogP contribution in [0.2, 0.25) is 0 Å². The normalized spacial score (nSPS) is 28.6. The molecule has 2 aromatic rings. The molecule has 3 aliphatic rings. The van der Waals surface area contributed by atoms with Crippen molar-refractivity contribution in [2.24, 2.45) is 0 Å². The van der Waals surface area contributed by atoms with Gasteiger partial charge in [-0.2, -0.15) is 0 Å². The van der Waals surface area contributed by atoms with Gasteiger partial charge in [-0.25, -0.2) is 0 Å². The first-order chi connectivity index (χ1) is 12.3. The fourth-order valence-electron chi connectivity index (χ4n) is 4.45. The molecule has 5 nitrogen and oxygen atoms in total. The SMILES string of the molecule is O=C(N[C@@H]1C[C@H]2CC[C@@H]1N2)c1ccc2sc(N3CCNCC3)cc2c1. The highest BCUT2D eigenvalue weighted by molar-refractivity contribution is 7.22. The Bertz CT molecular complexity index is 798. The van der Waals surface area contributed by atoms with Crippen molar-refractivity contribution in [1.29, 1.82) is 0 Å². The number of hydrogen-bond donors (Lipinski definition) is 3. The van der Waals surface area contributed by atoms with E-state index < -0.39 is 0 Å². The molecule has 5 rings (SSSR count). The summed E-state index contributed by atoms with van der Waals surface area (Å²) in [5, 5.41) is 12.7. The molecule has 1 aromatic carbocycles. The fraction of sp³-hybridized carbons (Fsp3) is 0.526. The Hall–Kier alpha value is -1.63. The topological polar surface area (TPSA) is 56.4 Å². The molecule has 0 unspecified atom stereocenters. The molecular formula is C19H24N4OS. The molecule has 3 atom stereocenters. The highest BCUT2D eigenvalue weighted by Crippen LogP contribution is 2.33. The molecule has 132 valence electrons. The number of piperazine rings is 1. The van der Waals surface area contributed by atoms with E-state index in [1.807, 2.05) is 23.5 Å². The molecular weight excluding hydrogens is 332 g/mol. The van der Waals surface area contributed by atoms with Crippen LogP contribution in [0, 0.1) is 0 Å². The van der Waals surface area contributed by atoms with E-state index in [0.717, 1.165) is 38.2 Å². The van der Waals surface area contributed by atoms with Crippen LogP contribution in [0.5, 0.6) is 0 Å². The van der Waals surface area contributed by atoms with Gasteiger partial charge >= 0.3 is 0 Å². The third-order valence-corrected chi connectivity index (χ3v) is 6.99. The predicted molar refractivity (Wildman–Crippen MR) is 103 cm³/mol. The zero-order valence-electron chi connectivity index (χ0n) is 14.3. The van der Waals surface area contributed by atoms with Gasteiger partial charge in [0.2, 0.25) is 0 Å². The predicted octanol–water partition coefficient (Wildman–Crippen LogP) is 1.93. The number of benzene rings is 1. The van der Waals surface area contributed by atoms with E-state index in [2.05, 4.69) is 33.0 Å². The highest BCUT2D eigenvalue weighted by Gasteiger charge is 2.39. The van der Waals surface area contributed by atoms with Gasteiger partial charge in [0.1, 0.15) is 0 Å². The van der Waals surface area contributed by atoms with Gasteiger partial charge in [-0.05, 0) is 48.9 Å². The first-order valence-electron chi connectivity index (χ1n) is 9.32. The molecule has 3 aliphatic heterocycles. The molecule has 0 radical (unpaired) electrons. The third-order valence-electron chi connectivity index (χ3n) is 5.81. The smallest absolute Gasteiger partial charge is 0.251 e. The van der Waals surface area contributed by atoms with Crippen LogP contribution in [0.4, 0.5) is 5.00 Å². The van der Waals surface area contributed by atoms with Gasteiger partial charge in [0.15, 0.2) is 0 Å². The summed E-state index contributed by atoms with van der Waals surface area (Å²) in [5.74, 6) is 0.0659. The number of anilines is 1. The molecule has 0 saturated carbocycles. The summed E-state index contributed by atoms with van der Waals surface area (Å²) < 4.78 is 1.26. The summed E-state index contributed by atoms with van der Waals surface area (Å²) in [4.78, 5) is 15.1. The second-order valence-electron chi connectivity index (χ2n) is 7.44. The number of carbonyl (C=O) groups excluding carboxylic acids is 1. The van der Waals surface area contributed by atoms with E-state index in [9.17, 15) is 4.79 Å². The number of nitrogens with one attached hydrogen (secondary N) is 3. The number of amides is 1. The lowest BCUT2D eigenvalue weighted by Gasteiger charge is -2.27. The Labute approximate surface area is 151 Å². The summed E-state index contributed by atoms with van der Waals surface area (Å²) in [6, 6.07) is 9.72. The van der Waals surface area contributed by atoms with Gasteiger partial charge in [0, 0.05) is 54.6 Å². The first kappa shape index (κ1) is 15.6. The largest absolute Gasteiger partial charge is 0.361 e. The van der Waals surface area contributed by atoms with Gasteiger partial charge in [-0.15, -0.1) is 11.3 Å². The minimum Gasteiger partial charge on any atom is -0.361 e. The maximum Gasteiger partial charge on any atom is 0.251 e. The van der Waals surface area contributed by atoms with Crippen molar-refractivity contribution in [2.45, 2.75) is 37.4 Å². The molecule has 3 N–H and O–H groups in total. The van der Waals surface area contributed by atoms with Crippen molar-refractivity contribution in [3.63, 3.8) is 0 Å². The summed E-state index contributed by atoms with van der Waals surface area (Å²) in [7, 11) is 0. The van der Waals surface area contributed by atoms with Gasteiger partial charge in [0.05, 0.1) is 5.00 Å². The Morgan fingerprint density at radius 2 is 2.08 bits per heavy atom. The minimum atomic E-state index is 0.0659. The average molecular weight is 356 g/mol. The van der Waals surface area contributed by atoms with Crippen LogP contribution < -0.4 is 20.9 Å². The molecule has 0 aliphatic carbocycles. The third kappa shape index (κ3) is 2.92. The molecule has 25 heavy (non-hydrogen) atoms. The van der Waals surface area contributed by atoms with Crippen molar-refractivity contribution in [2.75, 3.05) is 31.1 Å². The molecule has 1 amide bonds. The van der Waals surface area contributed by atoms with Crippen LogP contribution in [-0.4, -0.2) is 50.2 Å². The summed E-state index contributed by atoms with van der Waals surface area (Å²) in [5.41, 5.74) is 0.778. The monoisotopic (exact) mass is 356 g/mol. The number of fused-ring (bicyclic) bond motifs is 3. The Morgan fingerprint density at radius 1 is 1.20 bits per heavy atom. The first-order valence-corrected chi connectivity index (χ1v) is 10.1. The van der Waals surface area contributed by atoms with E-state index in [0.29, 0.717) is 18.1 Å². The standard InChI is InChI=1S/C19H24N4OS/c24-19(22-16-11-14-2-3-15(16)21-14)12-1-4-17-13(9-12)10-18(25-17)23-7-5-20-6-8-23/h1,4,9-10,14-16,20-21H,2-3,5-8,11H2,(H,22,24)/t14-,15+,16-/m1/s1. The summed E-state index contributed by atoms with van der Waals surface area (Å²) in [6.45, 7) is 4.19. The van der Waals surface area contributed by atoms with E-state index in [1.54, 1.807) is 0 Å². The Kier molecular flexibility index (Phi) is 3.91. The van der Waals surface area contributed by atoms with Crippen LogP contribution in [0.3, 0.4) is 0 Å². The summed E-state index contributed by atoms with van der Waals surface area (Å²) >= 11 is 1.82. The fourth-order valence-corrected chi connectivity index (χ4v) is 5.54. The van der Waals surface area contributed by atoms with Crippen molar-refractivity contribution < 1.29 is 4.79 Å². The number of nitrogens with zero attached hydrogens (tertiary/aromatic N) is 1. The molecule has 0 spiro atoms. The van der Waals surface area contributed by atoms with Crippen molar-refractivity contribution in [3.05, 3.63) is 29.8 Å². The van der Waals surface area contributed by atoms with E-state index in [1.165, 1.54) is 27.9 Å². The number of rotatable bonds is 3. The van der Waals surface area contributed by atoms with Crippen LogP contribution in [0.1, 0.15) is 29.6 Å². The molecule has 3 fully saturated rings. The van der Waals surface area contributed by atoms with Crippen LogP contribution in [0.25, 0.3) is 10.1 Å². The minimum absolute atomic E-state index is 0.0659. The maximum absolute atomic E-state index is 12.7. The lowest BCUT2D eigenvalue weighted by molar-refractivity contribution is 0.0931. The molecule has 1 aromatic heterocycles. The lowest BCUT2D eigenvalue weighted by atomic mass is 9.95. The zero-order chi connectivity index (χ0) is 16.8. The van der Waals surface area contributed by atoms with Crippen molar-refractivity contribution in [1.82, 2.24) is 16.0 Å². The zero-order valence-corrected chi connectivity index (χ0v) is 15.1. The molecule has 4 heterocycles. The van der Waals surface area contributed by atoms with E-state index >= 15 is 0 Å². The van der Waals surface area contributed by atoms with Crippen molar-refractivity contribution in [3.8, 4) is 0 Å². The number of thiophene rings is 1. The second kappa shape index (κ2) is 6.27. The van der Waals surface area contributed by atoms with Crippen LogP contribution >= 0.6 is 11.3 Å². The summed E-state index contributed by atoms with van der Waals surface area (Å²) in [6.07, 6.45) is 3.52. The van der Waals surface area contributed by atoms with E-state index in [4.69, 9.17) is 0 Å². The van der Waals surface area contributed by atoms with Gasteiger partial charge < -0.3 is 20.9 Å². The van der Waals surface area contributed by atoms with Crippen LogP contribution in [0.15, 0.2) is 24.3 Å². The molecule has 6 heteroatoms. The van der Waals surface area contributed by atoms with E-state index in [-0.39, 0.29) is 5.91 Å². The molecule has 3 saturated heterocycles. The number of hydrogen-bond acceptors (Lipinski definition) is 5. The number of carbonyl (C=O) groups is 1. The average Bonchev–Trinajstić information content (AvgIpc) is 3.36. The lowest BCUT2D eigenvalue weighted by Crippen LogP contribution is -2.43. The quantitative estimate of drug-likeness (QED) is 0.787. The molecule has 2 bridgehead atoms. The van der Waals surface area contributed by atoms with Crippen molar-refractivity contribution >= 4 is 32.3 Å². The van der Waals surface area contributed by atoms with Gasteiger partial charge in [-0.3, -0.25) is 4.79 Å². The maximum atomic E-state index is 12.7. The van der Waals surface area contributed by atoms with Crippen LogP contribution in [-0.2, 0) is 0 Å². The Balaban J connectivity index is 1.34. The van der Waals surface area contributed by atoms with Gasteiger partial charge in [-0.1, -0.05) is 0 Å². The Morgan fingerprint density at radius 3 is 2.84 bits per heavy atom. The van der Waals surface area contributed by atoms with Gasteiger partial charge in [0.25, 0.3) is 5.91 Å².